The molecule has 0 atom stereocenters. The standard InChI is InChI=1S/C42H27N/c1-2-12-33-28(10-1)11-9-17-34(33)29-20-22-30(23-21-29)41-35-13-3-5-15-37(35)42(38-16-6-4-14-36(38)41)31-24-26-32(27-25-31)43-39-18-7-8-19-40(39)43/h1-27H. The van der Waals surface area contributed by atoms with E-state index in [1.54, 1.807) is 0 Å². The van der Waals surface area contributed by atoms with Crippen LogP contribution in [0.4, 0.5) is 17.1 Å². The van der Waals surface area contributed by atoms with Gasteiger partial charge in [0.25, 0.3) is 0 Å². The van der Waals surface area contributed by atoms with Gasteiger partial charge in [0.2, 0.25) is 0 Å². The van der Waals surface area contributed by atoms with Crippen molar-refractivity contribution in [2.45, 2.75) is 0 Å². The minimum Gasteiger partial charge on any atom is -0.306 e. The number of fused-ring (bicyclic) bond motifs is 4. The van der Waals surface area contributed by atoms with Crippen molar-refractivity contribution in [1.82, 2.24) is 0 Å². The van der Waals surface area contributed by atoms with Gasteiger partial charge in [-0.05, 0) is 90.0 Å². The topological polar surface area (TPSA) is 3.01 Å². The van der Waals surface area contributed by atoms with E-state index in [9.17, 15) is 0 Å². The van der Waals surface area contributed by atoms with Crippen LogP contribution in [0.1, 0.15) is 0 Å². The highest BCUT2D eigenvalue weighted by molar-refractivity contribution is 6.21. The van der Waals surface area contributed by atoms with Gasteiger partial charge < -0.3 is 4.90 Å². The van der Waals surface area contributed by atoms with Crippen LogP contribution in [0.3, 0.4) is 0 Å². The summed E-state index contributed by atoms with van der Waals surface area (Å²) in [6.45, 7) is 0. The van der Waals surface area contributed by atoms with E-state index >= 15 is 0 Å². The van der Waals surface area contributed by atoms with Crippen molar-refractivity contribution in [3.05, 3.63) is 164 Å². The number of hydrogen-bond donors (Lipinski definition) is 0. The summed E-state index contributed by atoms with van der Waals surface area (Å²) in [6.07, 6.45) is 0. The molecule has 0 bridgehead atoms. The Labute approximate surface area is 250 Å². The number of para-hydroxylation sites is 2. The highest BCUT2D eigenvalue weighted by Crippen LogP contribution is 2.53. The molecule has 0 spiro atoms. The molecule has 0 aliphatic carbocycles. The average molecular weight is 546 g/mol. The van der Waals surface area contributed by atoms with Gasteiger partial charge in [-0.15, -0.1) is 0 Å². The molecular formula is C42H27N. The van der Waals surface area contributed by atoms with E-state index in [4.69, 9.17) is 0 Å². The van der Waals surface area contributed by atoms with Crippen LogP contribution in [0.2, 0.25) is 0 Å². The van der Waals surface area contributed by atoms with Gasteiger partial charge in [-0.1, -0.05) is 140 Å². The minimum absolute atomic E-state index is 1.21. The second-order valence-corrected chi connectivity index (χ2v) is 11.3. The summed E-state index contributed by atoms with van der Waals surface area (Å²) in [4.78, 5) is 2.31. The Kier molecular flexibility index (Phi) is 5.27. The molecule has 8 aromatic carbocycles. The maximum atomic E-state index is 2.31. The Bertz CT molecular complexity index is 2240. The van der Waals surface area contributed by atoms with Crippen LogP contribution in [-0.4, -0.2) is 0 Å². The number of nitrogens with zero attached hydrogens (tertiary/aromatic N) is 1. The maximum absolute atomic E-state index is 2.31. The number of anilines is 3. The Morgan fingerprint density at radius 3 is 1.28 bits per heavy atom. The molecule has 0 unspecified atom stereocenters. The predicted octanol–water partition coefficient (Wildman–Crippen LogP) is 11.9. The number of hydrogen-bond acceptors (Lipinski definition) is 1. The largest absolute Gasteiger partial charge is 0.306 e. The summed E-state index contributed by atoms with van der Waals surface area (Å²) in [7, 11) is 0. The van der Waals surface area contributed by atoms with Crippen molar-refractivity contribution in [1.29, 1.82) is 0 Å². The summed E-state index contributed by atoms with van der Waals surface area (Å²) < 4.78 is 0. The predicted molar refractivity (Wildman–Crippen MR) is 184 cm³/mol. The first-order chi connectivity index (χ1) is 21.3. The van der Waals surface area contributed by atoms with Gasteiger partial charge in [0.15, 0.2) is 0 Å². The van der Waals surface area contributed by atoms with Crippen molar-refractivity contribution in [2.75, 3.05) is 4.90 Å². The lowest BCUT2D eigenvalue weighted by molar-refractivity contribution is 1.49. The average Bonchev–Trinajstić information content (AvgIpc) is 3.82. The summed E-state index contributed by atoms with van der Waals surface area (Å²) in [5.74, 6) is 0. The lowest BCUT2D eigenvalue weighted by Crippen LogP contribution is -1.92. The molecule has 0 amide bonds. The first-order valence-corrected chi connectivity index (χ1v) is 14.9. The van der Waals surface area contributed by atoms with Gasteiger partial charge in [0.05, 0.1) is 11.4 Å². The molecule has 200 valence electrons. The van der Waals surface area contributed by atoms with Gasteiger partial charge in [0.1, 0.15) is 0 Å². The first-order valence-electron chi connectivity index (χ1n) is 14.9. The van der Waals surface area contributed by atoms with Gasteiger partial charge in [0, 0.05) is 5.69 Å². The van der Waals surface area contributed by atoms with Crippen molar-refractivity contribution in [3.8, 4) is 33.4 Å². The van der Waals surface area contributed by atoms with Crippen LogP contribution in [0.5, 0.6) is 0 Å². The Balaban J connectivity index is 1.19. The van der Waals surface area contributed by atoms with E-state index < -0.39 is 0 Å². The molecule has 0 N–H and O–H groups in total. The fourth-order valence-corrected chi connectivity index (χ4v) is 6.90. The van der Waals surface area contributed by atoms with Gasteiger partial charge in [-0.25, -0.2) is 0 Å². The van der Waals surface area contributed by atoms with Crippen molar-refractivity contribution >= 4 is 49.4 Å². The molecule has 1 heteroatoms. The highest BCUT2D eigenvalue weighted by atomic mass is 15.3. The van der Waals surface area contributed by atoms with E-state index in [0.29, 0.717) is 0 Å². The van der Waals surface area contributed by atoms with Gasteiger partial charge in [-0.3, -0.25) is 0 Å². The van der Waals surface area contributed by atoms with Crippen LogP contribution in [-0.2, 0) is 0 Å². The van der Waals surface area contributed by atoms with Crippen molar-refractivity contribution in [2.24, 2.45) is 0 Å². The highest BCUT2D eigenvalue weighted by Gasteiger charge is 2.29. The number of rotatable bonds is 4. The third-order valence-corrected chi connectivity index (χ3v) is 8.93. The van der Waals surface area contributed by atoms with Crippen molar-refractivity contribution in [3.63, 3.8) is 0 Å². The zero-order valence-corrected chi connectivity index (χ0v) is 23.5. The molecule has 1 nitrogen and oxygen atoms in total. The van der Waals surface area contributed by atoms with Gasteiger partial charge in [-0.2, -0.15) is 0 Å². The molecule has 0 saturated heterocycles. The van der Waals surface area contributed by atoms with E-state index in [1.165, 1.54) is 82.8 Å². The van der Waals surface area contributed by atoms with E-state index in [2.05, 4.69) is 169 Å². The summed E-state index contributed by atoms with van der Waals surface area (Å²) in [5, 5.41) is 7.65. The third kappa shape index (κ3) is 3.79. The smallest absolute Gasteiger partial charge is 0.0703 e. The monoisotopic (exact) mass is 545 g/mol. The first kappa shape index (κ1) is 24.0. The van der Waals surface area contributed by atoms with Crippen LogP contribution in [0.25, 0.3) is 65.7 Å². The number of benzene rings is 8. The molecule has 0 saturated carbocycles. The summed E-state index contributed by atoms with van der Waals surface area (Å²) in [5.41, 5.74) is 11.3. The zero-order valence-electron chi connectivity index (χ0n) is 23.5. The van der Waals surface area contributed by atoms with Crippen LogP contribution in [0, 0.1) is 0 Å². The van der Waals surface area contributed by atoms with Gasteiger partial charge >= 0.3 is 0 Å². The third-order valence-electron chi connectivity index (χ3n) is 8.93. The molecular weight excluding hydrogens is 518 g/mol. The van der Waals surface area contributed by atoms with Crippen LogP contribution >= 0.6 is 0 Å². The Hall–Kier alpha value is -5.66. The zero-order chi connectivity index (χ0) is 28.3. The normalized spacial score (nSPS) is 12.1. The molecule has 0 aromatic heterocycles. The molecule has 43 heavy (non-hydrogen) atoms. The molecule has 1 aliphatic rings. The Morgan fingerprint density at radius 1 is 0.302 bits per heavy atom. The van der Waals surface area contributed by atoms with Crippen LogP contribution < -0.4 is 4.90 Å². The van der Waals surface area contributed by atoms with E-state index in [1.807, 2.05) is 0 Å². The lowest BCUT2D eigenvalue weighted by atomic mass is 9.85. The quantitative estimate of drug-likeness (QED) is 0.157. The summed E-state index contributed by atoms with van der Waals surface area (Å²) >= 11 is 0. The fourth-order valence-electron chi connectivity index (χ4n) is 6.90. The molecule has 1 aliphatic heterocycles. The minimum atomic E-state index is 1.21. The Morgan fingerprint density at radius 2 is 0.721 bits per heavy atom. The molecule has 8 aromatic rings. The lowest BCUT2D eigenvalue weighted by Gasteiger charge is -2.18. The fraction of sp³-hybridized carbons (Fsp3) is 0. The molecule has 1 heterocycles. The summed E-state index contributed by atoms with van der Waals surface area (Å²) in [6, 6.07) is 59.7. The SMILES string of the molecule is c1ccc2c(c1)N2c1ccc(-c2c3ccccc3c(-c3ccc(-c4cccc5ccccc45)cc3)c3ccccc23)cc1. The second kappa shape index (κ2) is 9.44. The van der Waals surface area contributed by atoms with Crippen molar-refractivity contribution < 1.29 is 0 Å². The van der Waals surface area contributed by atoms with E-state index in [0.717, 1.165) is 0 Å². The molecule has 0 radical (unpaired) electrons. The molecule has 0 fully saturated rings. The molecule has 9 rings (SSSR count). The van der Waals surface area contributed by atoms with Crippen LogP contribution in [0.15, 0.2) is 164 Å². The second-order valence-electron chi connectivity index (χ2n) is 11.3. The van der Waals surface area contributed by atoms with E-state index in [-0.39, 0.29) is 0 Å². The maximum Gasteiger partial charge on any atom is 0.0703 e.